The molecule has 3 aromatic rings. The van der Waals surface area contributed by atoms with Crippen LogP contribution in [-0.2, 0) is 4.79 Å². The Balaban J connectivity index is 2.08. The van der Waals surface area contributed by atoms with Crippen molar-refractivity contribution in [1.29, 1.82) is 0 Å². The van der Waals surface area contributed by atoms with Gasteiger partial charge < -0.3 is 5.11 Å². The Morgan fingerprint density at radius 1 is 1.29 bits per heavy atom. The Morgan fingerprint density at radius 2 is 2.10 bits per heavy atom. The number of carboxylic acids is 1. The van der Waals surface area contributed by atoms with Gasteiger partial charge in [-0.05, 0) is 12.1 Å². The van der Waals surface area contributed by atoms with Crippen LogP contribution in [0.1, 0.15) is 0 Å². The number of hydrogen-bond donors (Lipinski definition) is 2. The number of rotatable bonds is 5. The maximum atomic E-state index is 10.8. The molecule has 0 atom stereocenters. The molecule has 0 aliphatic heterocycles. The van der Waals surface area contributed by atoms with Gasteiger partial charge in [0, 0.05) is 5.69 Å². The summed E-state index contributed by atoms with van der Waals surface area (Å²) in [5.41, 5.74) is 1.36. The highest BCUT2D eigenvalue weighted by molar-refractivity contribution is 7.99. The van der Waals surface area contributed by atoms with Gasteiger partial charge >= 0.3 is 5.97 Å². The predicted octanol–water partition coefficient (Wildman–Crippen LogP) is 1.23. The molecule has 0 amide bonds. The maximum absolute atomic E-state index is 10.8. The lowest BCUT2D eigenvalue weighted by atomic mass is 10.3. The third kappa shape index (κ3) is 2.77. The van der Waals surface area contributed by atoms with Crippen molar-refractivity contribution in [1.82, 2.24) is 30.2 Å². The average Bonchev–Trinajstić information content (AvgIpc) is 3.15. The molecule has 0 spiro atoms. The van der Waals surface area contributed by atoms with Crippen molar-refractivity contribution in [3.8, 4) is 17.2 Å². The lowest BCUT2D eigenvalue weighted by Crippen LogP contribution is -2.03. The van der Waals surface area contributed by atoms with Crippen LogP contribution in [0.2, 0.25) is 0 Å². The molecule has 106 valence electrons. The highest BCUT2D eigenvalue weighted by atomic mass is 32.2. The molecule has 0 aliphatic rings. The highest BCUT2D eigenvalue weighted by Gasteiger charge is 2.18. The van der Waals surface area contributed by atoms with Crippen molar-refractivity contribution >= 4 is 17.7 Å². The van der Waals surface area contributed by atoms with Gasteiger partial charge in [0.15, 0.2) is 16.7 Å². The van der Waals surface area contributed by atoms with Crippen LogP contribution in [0.25, 0.3) is 17.2 Å². The zero-order valence-electron chi connectivity index (χ0n) is 10.7. The number of aromatic amines is 1. The first-order valence-corrected chi connectivity index (χ1v) is 6.96. The number of carbonyl (C=O) groups is 1. The summed E-state index contributed by atoms with van der Waals surface area (Å²) in [5.74, 6) is -0.502. The number of nitrogens with one attached hydrogen (secondary N) is 1. The van der Waals surface area contributed by atoms with E-state index in [1.54, 1.807) is 4.57 Å². The van der Waals surface area contributed by atoms with E-state index >= 15 is 0 Å². The van der Waals surface area contributed by atoms with Crippen molar-refractivity contribution in [2.24, 2.45) is 0 Å². The second kappa shape index (κ2) is 5.75. The lowest BCUT2D eigenvalue weighted by molar-refractivity contribution is -0.133. The molecule has 2 aromatic heterocycles. The minimum absolute atomic E-state index is 0.0935. The van der Waals surface area contributed by atoms with E-state index < -0.39 is 5.97 Å². The zero-order chi connectivity index (χ0) is 14.7. The van der Waals surface area contributed by atoms with Crippen molar-refractivity contribution < 1.29 is 9.90 Å². The molecule has 2 N–H and O–H groups in total. The van der Waals surface area contributed by atoms with E-state index in [0.29, 0.717) is 16.7 Å². The number of thioether (sulfide) groups is 1. The zero-order valence-corrected chi connectivity index (χ0v) is 11.5. The van der Waals surface area contributed by atoms with Crippen LogP contribution in [0.4, 0.5) is 0 Å². The molecule has 0 radical (unpaired) electrons. The molecule has 9 heteroatoms. The van der Waals surface area contributed by atoms with E-state index in [0.717, 1.165) is 17.4 Å². The fourth-order valence-corrected chi connectivity index (χ4v) is 2.45. The number of aliphatic carboxylic acids is 1. The molecule has 8 nitrogen and oxygen atoms in total. The van der Waals surface area contributed by atoms with Gasteiger partial charge in [-0.15, -0.1) is 10.2 Å². The van der Waals surface area contributed by atoms with Crippen LogP contribution in [0.5, 0.6) is 0 Å². The Morgan fingerprint density at radius 3 is 2.76 bits per heavy atom. The van der Waals surface area contributed by atoms with Crippen LogP contribution in [0.3, 0.4) is 0 Å². The number of hydrogen-bond acceptors (Lipinski definition) is 6. The Bertz CT molecular complexity index is 740. The molecular formula is C12H10N6O2S. The number of benzene rings is 1. The Hall–Kier alpha value is -2.68. The fraction of sp³-hybridized carbons (Fsp3) is 0.0833. The third-order valence-electron chi connectivity index (χ3n) is 2.62. The first kappa shape index (κ1) is 13.3. The minimum Gasteiger partial charge on any atom is -0.481 e. The van der Waals surface area contributed by atoms with Crippen molar-refractivity contribution in [3.63, 3.8) is 0 Å². The van der Waals surface area contributed by atoms with Crippen molar-refractivity contribution in [3.05, 3.63) is 36.5 Å². The minimum atomic E-state index is -0.911. The van der Waals surface area contributed by atoms with Gasteiger partial charge in [-0.3, -0.25) is 9.36 Å². The summed E-state index contributed by atoms with van der Waals surface area (Å²) in [6.07, 6.45) is 1.54. The van der Waals surface area contributed by atoms with Crippen LogP contribution >= 0.6 is 11.8 Å². The van der Waals surface area contributed by atoms with Crippen LogP contribution < -0.4 is 0 Å². The normalized spacial score (nSPS) is 10.7. The molecule has 0 bridgehead atoms. The fourth-order valence-electron chi connectivity index (χ4n) is 1.77. The number of H-pyrrole nitrogens is 1. The van der Waals surface area contributed by atoms with E-state index in [4.69, 9.17) is 5.11 Å². The van der Waals surface area contributed by atoms with Crippen LogP contribution in [0, 0.1) is 0 Å². The molecular weight excluding hydrogens is 292 g/mol. The number of carboxylic acid groups (broad SMARTS) is 1. The number of para-hydroxylation sites is 1. The van der Waals surface area contributed by atoms with Crippen LogP contribution in [-0.4, -0.2) is 47.0 Å². The third-order valence-corrected chi connectivity index (χ3v) is 3.53. The first-order chi connectivity index (χ1) is 10.3. The van der Waals surface area contributed by atoms with Gasteiger partial charge in [0.05, 0.1) is 11.9 Å². The second-order valence-electron chi connectivity index (χ2n) is 4.01. The van der Waals surface area contributed by atoms with E-state index in [-0.39, 0.29) is 5.75 Å². The largest absolute Gasteiger partial charge is 0.481 e. The van der Waals surface area contributed by atoms with Gasteiger partial charge in [-0.25, -0.2) is 0 Å². The van der Waals surface area contributed by atoms with Gasteiger partial charge in [-0.2, -0.15) is 15.4 Å². The quantitative estimate of drug-likeness (QED) is 0.682. The molecule has 0 saturated heterocycles. The SMILES string of the molecule is O=C(O)CSc1nnc(-c2cn[nH]n2)n1-c1ccccc1. The molecule has 1 aromatic carbocycles. The van der Waals surface area contributed by atoms with Crippen LogP contribution in [0.15, 0.2) is 41.7 Å². The highest BCUT2D eigenvalue weighted by Crippen LogP contribution is 2.26. The monoisotopic (exact) mass is 302 g/mol. The summed E-state index contributed by atoms with van der Waals surface area (Å²) >= 11 is 1.10. The summed E-state index contributed by atoms with van der Waals surface area (Å²) < 4.78 is 1.76. The summed E-state index contributed by atoms with van der Waals surface area (Å²) in [6, 6.07) is 9.43. The molecule has 21 heavy (non-hydrogen) atoms. The standard InChI is InChI=1S/C12H10N6O2S/c19-10(20)7-21-12-16-15-11(9-6-13-17-14-9)18(12)8-4-2-1-3-5-8/h1-6H,7H2,(H,19,20)(H,13,14,17). The molecule has 0 saturated carbocycles. The summed E-state index contributed by atoms with van der Waals surface area (Å²) in [7, 11) is 0. The smallest absolute Gasteiger partial charge is 0.313 e. The van der Waals surface area contributed by atoms with Crippen molar-refractivity contribution in [2.45, 2.75) is 5.16 Å². The first-order valence-electron chi connectivity index (χ1n) is 5.97. The maximum Gasteiger partial charge on any atom is 0.313 e. The van der Waals surface area contributed by atoms with Gasteiger partial charge in [-0.1, -0.05) is 30.0 Å². The summed E-state index contributed by atoms with van der Waals surface area (Å²) in [6.45, 7) is 0. The second-order valence-corrected chi connectivity index (χ2v) is 4.96. The molecule has 3 rings (SSSR count). The Kier molecular flexibility index (Phi) is 3.65. The molecule has 0 aliphatic carbocycles. The van der Waals surface area contributed by atoms with E-state index in [9.17, 15) is 4.79 Å². The lowest BCUT2D eigenvalue weighted by Gasteiger charge is -2.07. The molecule has 0 fully saturated rings. The molecule has 2 heterocycles. The summed E-state index contributed by atoms with van der Waals surface area (Å²) in [5, 5.41) is 27.7. The Labute approximate surface area is 123 Å². The average molecular weight is 302 g/mol. The van der Waals surface area contributed by atoms with Gasteiger partial charge in [0.25, 0.3) is 0 Å². The van der Waals surface area contributed by atoms with Gasteiger partial charge in [0.1, 0.15) is 0 Å². The number of aromatic nitrogens is 6. The topological polar surface area (TPSA) is 110 Å². The number of nitrogens with zero attached hydrogens (tertiary/aromatic N) is 5. The predicted molar refractivity (Wildman–Crippen MR) is 75.1 cm³/mol. The summed E-state index contributed by atoms with van der Waals surface area (Å²) in [4.78, 5) is 10.8. The van der Waals surface area contributed by atoms with E-state index in [1.807, 2.05) is 30.3 Å². The van der Waals surface area contributed by atoms with Crippen molar-refractivity contribution in [2.75, 3.05) is 5.75 Å². The molecule has 0 unspecified atom stereocenters. The van der Waals surface area contributed by atoms with Gasteiger partial charge in [0.2, 0.25) is 0 Å². The van der Waals surface area contributed by atoms with E-state index in [1.165, 1.54) is 6.20 Å². The van der Waals surface area contributed by atoms with E-state index in [2.05, 4.69) is 25.6 Å².